The van der Waals surface area contributed by atoms with Gasteiger partial charge in [-0.2, -0.15) is 0 Å². The Kier molecular flexibility index (Phi) is 4.07. The predicted molar refractivity (Wildman–Crippen MR) is 62.1 cm³/mol. The number of ketones is 1. The molecule has 1 aromatic rings. The molecule has 0 atom stereocenters. The Hall–Kier alpha value is -1.35. The Balaban J connectivity index is 2.91. The van der Waals surface area contributed by atoms with Crippen LogP contribution < -0.4 is 0 Å². The topological polar surface area (TPSA) is 54.4 Å². The first-order chi connectivity index (χ1) is 7.41. The van der Waals surface area contributed by atoms with Crippen molar-refractivity contribution >= 4 is 23.4 Å². The summed E-state index contributed by atoms with van der Waals surface area (Å²) < 4.78 is 0. The van der Waals surface area contributed by atoms with E-state index >= 15 is 0 Å². The van der Waals surface area contributed by atoms with Crippen molar-refractivity contribution in [3.63, 3.8) is 0 Å². The van der Waals surface area contributed by atoms with Gasteiger partial charge in [-0.05, 0) is 31.0 Å². The quantitative estimate of drug-likeness (QED) is 0.823. The second-order valence-corrected chi connectivity index (χ2v) is 4.14. The van der Waals surface area contributed by atoms with E-state index in [4.69, 9.17) is 16.7 Å². The second kappa shape index (κ2) is 5.12. The zero-order valence-corrected chi connectivity index (χ0v) is 9.97. The van der Waals surface area contributed by atoms with Gasteiger partial charge in [-0.3, -0.25) is 9.59 Å². The van der Waals surface area contributed by atoms with Gasteiger partial charge in [-0.15, -0.1) is 0 Å². The van der Waals surface area contributed by atoms with Crippen LogP contribution in [0, 0.1) is 13.8 Å². The van der Waals surface area contributed by atoms with Gasteiger partial charge in [0.2, 0.25) is 0 Å². The molecule has 0 heterocycles. The summed E-state index contributed by atoms with van der Waals surface area (Å²) in [7, 11) is 0. The van der Waals surface area contributed by atoms with Crippen LogP contribution in [0.1, 0.15) is 34.3 Å². The number of aliphatic carboxylic acids is 1. The van der Waals surface area contributed by atoms with Crippen LogP contribution in [0.5, 0.6) is 0 Å². The summed E-state index contributed by atoms with van der Waals surface area (Å²) in [5, 5.41) is 9.03. The van der Waals surface area contributed by atoms with E-state index in [0.29, 0.717) is 10.6 Å². The summed E-state index contributed by atoms with van der Waals surface area (Å²) in [6.07, 6.45) is -0.140. The zero-order valence-electron chi connectivity index (χ0n) is 9.21. The molecule has 4 heteroatoms. The van der Waals surface area contributed by atoms with E-state index in [0.717, 1.165) is 11.1 Å². The molecule has 1 N–H and O–H groups in total. The number of aryl methyl sites for hydroxylation is 2. The van der Waals surface area contributed by atoms with Gasteiger partial charge < -0.3 is 5.11 Å². The van der Waals surface area contributed by atoms with Crippen molar-refractivity contribution in [2.24, 2.45) is 0 Å². The molecule has 0 unspecified atom stereocenters. The predicted octanol–water partition coefficient (Wildman–Crippen LogP) is 3.00. The van der Waals surface area contributed by atoms with Crippen molar-refractivity contribution in [1.82, 2.24) is 0 Å². The molecule has 0 spiro atoms. The van der Waals surface area contributed by atoms with Gasteiger partial charge in [0, 0.05) is 17.0 Å². The highest BCUT2D eigenvalue weighted by Gasteiger charge is 2.12. The van der Waals surface area contributed by atoms with Gasteiger partial charge in [-0.1, -0.05) is 17.7 Å². The lowest BCUT2D eigenvalue weighted by Crippen LogP contribution is -2.06. The Morgan fingerprint density at radius 2 is 1.81 bits per heavy atom. The summed E-state index contributed by atoms with van der Waals surface area (Å²) in [5.74, 6) is -1.15. The van der Waals surface area contributed by atoms with Crippen LogP contribution in [0.25, 0.3) is 0 Å². The molecule has 0 amide bonds. The molecule has 0 saturated heterocycles. The molecule has 1 rings (SSSR count). The van der Waals surface area contributed by atoms with Crippen molar-refractivity contribution in [3.8, 4) is 0 Å². The number of benzene rings is 1. The average molecular weight is 241 g/mol. The summed E-state index contributed by atoms with van der Waals surface area (Å²) in [4.78, 5) is 22.1. The Bertz CT molecular complexity index is 438. The largest absolute Gasteiger partial charge is 0.481 e. The molecule has 86 valence electrons. The van der Waals surface area contributed by atoms with Crippen LogP contribution in [0.15, 0.2) is 12.1 Å². The number of rotatable bonds is 4. The van der Waals surface area contributed by atoms with E-state index in [9.17, 15) is 9.59 Å². The number of carbonyl (C=O) groups excluding carboxylic acids is 1. The van der Waals surface area contributed by atoms with Gasteiger partial charge in [0.15, 0.2) is 5.78 Å². The van der Waals surface area contributed by atoms with Crippen LogP contribution in [0.4, 0.5) is 0 Å². The SMILES string of the molecule is Cc1cc(C)c(C(=O)CCC(=O)O)cc1Cl. The minimum Gasteiger partial charge on any atom is -0.481 e. The summed E-state index contributed by atoms with van der Waals surface area (Å²) >= 11 is 5.92. The lowest BCUT2D eigenvalue weighted by Gasteiger charge is -2.07. The van der Waals surface area contributed by atoms with Crippen LogP contribution in [-0.2, 0) is 4.79 Å². The third-order valence-electron chi connectivity index (χ3n) is 2.37. The second-order valence-electron chi connectivity index (χ2n) is 3.73. The molecule has 0 bridgehead atoms. The van der Waals surface area contributed by atoms with Gasteiger partial charge in [-0.25, -0.2) is 0 Å². The first-order valence-corrected chi connectivity index (χ1v) is 5.31. The van der Waals surface area contributed by atoms with E-state index in [1.54, 1.807) is 6.07 Å². The van der Waals surface area contributed by atoms with E-state index in [1.807, 2.05) is 19.9 Å². The standard InChI is InChI=1S/C12H13ClO3/c1-7-5-8(2)10(13)6-9(7)11(14)3-4-12(15)16/h5-6H,3-4H2,1-2H3,(H,15,16). The molecule has 16 heavy (non-hydrogen) atoms. The van der Waals surface area contributed by atoms with E-state index in [1.165, 1.54) is 0 Å². The molecule has 0 fully saturated rings. The maximum atomic E-state index is 11.7. The van der Waals surface area contributed by atoms with Crippen LogP contribution in [0.3, 0.4) is 0 Å². The minimum absolute atomic E-state index is 0.00949. The van der Waals surface area contributed by atoms with Gasteiger partial charge in [0.25, 0.3) is 0 Å². The van der Waals surface area contributed by atoms with E-state index < -0.39 is 5.97 Å². The maximum Gasteiger partial charge on any atom is 0.303 e. The number of halogens is 1. The number of carboxylic acid groups (broad SMARTS) is 1. The normalized spacial score (nSPS) is 10.2. The fourth-order valence-electron chi connectivity index (χ4n) is 1.48. The van der Waals surface area contributed by atoms with Gasteiger partial charge in [0.05, 0.1) is 6.42 Å². The number of hydrogen-bond acceptors (Lipinski definition) is 2. The fraction of sp³-hybridized carbons (Fsp3) is 0.333. The van der Waals surface area contributed by atoms with Crippen molar-refractivity contribution in [2.45, 2.75) is 26.7 Å². The molecular formula is C12H13ClO3. The minimum atomic E-state index is -0.968. The lowest BCUT2D eigenvalue weighted by atomic mass is 9.99. The van der Waals surface area contributed by atoms with Crippen LogP contribution in [-0.4, -0.2) is 16.9 Å². The lowest BCUT2D eigenvalue weighted by molar-refractivity contribution is -0.136. The van der Waals surface area contributed by atoms with Crippen molar-refractivity contribution in [3.05, 3.63) is 33.8 Å². The summed E-state index contributed by atoms with van der Waals surface area (Å²) in [6.45, 7) is 3.68. The molecule has 0 aromatic heterocycles. The number of carbonyl (C=O) groups is 2. The first-order valence-electron chi connectivity index (χ1n) is 4.93. The third-order valence-corrected chi connectivity index (χ3v) is 2.78. The van der Waals surface area contributed by atoms with E-state index in [2.05, 4.69) is 0 Å². The highest BCUT2D eigenvalue weighted by atomic mass is 35.5. The van der Waals surface area contributed by atoms with Crippen molar-refractivity contribution in [1.29, 1.82) is 0 Å². The van der Waals surface area contributed by atoms with Crippen molar-refractivity contribution < 1.29 is 14.7 Å². The third kappa shape index (κ3) is 3.07. The van der Waals surface area contributed by atoms with E-state index in [-0.39, 0.29) is 18.6 Å². The zero-order chi connectivity index (χ0) is 12.3. The first kappa shape index (κ1) is 12.7. The smallest absolute Gasteiger partial charge is 0.303 e. The Labute approximate surface area is 99.0 Å². The fourth-order valence-corrected chi connectivity index (χ4v) is 1.65. The van der Waals surface area contributed by atoms with Crippen molar-refractivity contribution in [2.75, 3.05) is 0 Å². The average Bonchev–Trinajstić information content (AvgIpc) is 2.20. The van der Waals surface area contributed by atoms with Gasteiger partial charge in [0.1, 0.15) is 0 Å². The number of carboxylic acids is 1. The molecule has 0 aliphatic rings. The van der Waals surface area contributed by atoms with Crippen LogP contribution in [0.2, 0.25) is 5.02 Å². The van der Waals surface area contributed by atoms with Gasteiger partial charge >= 0.3 is 5.97 Å². The summed E-state index contributed by atoms with van der Waals surface area (Å²) in [6, 6.07) is 3.44. The molecular weight excluding hydrogens is 228 g/mol. The molecule has 0 saturated carbocycles. The number of Topliss-reactive ketones (excluding diaryl/α,β-unsaturated/α-hetero) is 1. The monoisotopic (exact) mass is 240 g/mol. The molecule has 0 aliphatic heterocycles. The maximum absolute atomic E-state index is 11.7. The summed E-state index contributed by atoms with van der Waals surface area (Å²) in [5.41, 5.74) is 2.25. The highest BCUT2D eigenvalue weighted by molar-refractivity contribution is 6.31. The number of hydrogen-bond donors (Lipinski definition) is 1. The highest BCUT2D eigenvalue weighted by Crippen LogP contribution is 2.21. The molecule has 0 radical (unpaired) electrons. The Morgan fingerprint density at radius 3 is 2.38 bits per heavy atom. The Morgan fingerprint density at radius 1 is 1.19 bits per heavy atom. The molecule has 0 aliphatic carbocycles. The molecule has 3 nitrogen and oxygen atoms in total. The molecule has 1 aromatic carbocycles. The van der Waals surface area contributed by atoms with Crippen LogP contribution >= 0.6 is 11.6 Å².